The van der Waals surface area contributed by atoms with E-state index in [2.05, 4.69) is 15.6 Å². The fourth-order valence-corrected chi connectivity index (χ4v) is 2.01. The lowest BCUT2D eigenvalue weighted by Crippen LogP contribution is -2.39. The second kappa shape index (κ2) is 9.78. The quantitative estimate of drug-likeness (QED) is 0.406. The standard InChI is InChI=1S/C16H25N3O4/c1-3-17-16(18-7-9-20-4-2)19-8-10-21-13-5-6-14-15(11-13)23-12-22-14/h5-6,11H,3-4,7-10,12H2,1-2H3,(H2,17,18,19). The van der Waals surface area contributed by atoms with Crippen molar-refractivity contribution in [1.82, 2.24) is 10.6 Å². The van der Waals surface area contributed by atoms with Crippen molar-refractivity contribution in [2.24, 2.45) is 4.99 Å². The van der Waals surface area contributed by atoms with Gasteiger partial charge in [0.25, 0.3) is 0 Å². The van der Waals surface area contributed by atoms with Crippen molar-refractivity contribution in [1.29, 1.82) is 0 Å². The molecule has 1 aliphatic heterocycles. The van der Waals surface area contributed by atoms with Gasteiger partial charge in [-0.25, -0.2) is 0 Å². The van der Waals surface area contributed by atoms with Crippen molar-refractivity contribution in [2.45, 2.75) is 13.8 Å². The van der Waals surface area contributed by atoms with Gasteiger partial charge in [-0.05, 0) is 26.0 Å². The molecule has 2 N–H and O–H groups in total. The number of hydrogen-bond acceptors (Lipinski definition) is 5. The molecule has 0 radical (unpaired) electrons. The Balaban J connectivity index is 1.69. The van der Waals surface area contributed by atoms with E-state index in [4.69, 9.17) is 18.9 Å². The summed E-state index contributed by atoms with van der Waals surface area (Å²) >= 11 is 0. The van der Waals surface area contributed by atoms with Crippen molar-refractivity contribution >= 4 is 5.96 Å². The predicted molar refractivity (Wildman–Crippen MR) is 88.5 cm³/mol. The van der Waals surface area contributed by atoms with E-state index >= 15 is 0 Å². The third-order valence-corrected chi connectivity index (χ3v) is 3.06. The monoisotopic (exact) mass is 323 g/mol. The van der Waals surface area contributed by atoms with Gasteiger partial charge in [0.15, 0.2) is 17.5 Å². The molecule has 1 aromatic carbocycles. The first kappa shape index (κ1) is 17.2. The van der Waals surface area contributed by atoms with Crippen molar-refractivity contribution < 1.29 is 18.9 Å². The van der Waals surface area contributed by atoms with E-state index in [0.29, 0.717) is 32.9 Å². The minimum Gasteiger partial charge on any atom is -0.492 e. The summed E-state index contributed by atoms with van der Waals surface area (Å²) in [5, 5.41) is 6.41. The maximum atomic E-state index is 5.70. The van der Waals surface area contributed by atoms with Gasteiger partial charge in [-0.3, -0.25) is 4.99 Å². The Kier molecular flexibility index (Phi) is 7.32. The number of nitrogens with zero attached hydrogens (tertiary/aromatic N) is 1. The summed E-state index contributed by atoms with van der Waals surface area (Å²) < 4.78 is 21.6. The molecule has 0 atom stereocenters. The van der Waals surface area contributed by atoms with Crippen LogP contribution in [-0.2, 0) is 4.74 Å². The second-order valence-electron chi connectivity index (χ2n) is 4.75. The first-order chi connectivity index (χ1) is 11.3. The minimum absolute atomic E-state index is 0.268. The second-order valence-corrected chi connectivity index (χ2v) is 4.75. The molecule has 0 saturated carbocycles. The Morgan fingerprint density at radius 2 is 2.04 bits per heavy atom. The SMILES string of the molecule is CCNC(=NCCOCC)NCCOc1ccc2c(c1)OCO2. The van der Waals surface area contributed by atoms with Crippen LogP contribution in [0.3, 0.4) is 0 Å². The van der Waals surface area contributed by atoms with Gasteiger partial charge < -0.3 is 29.6 Å². The van der Waals surface area contributed by atoms with E-state index in [1.165, 1.54) is 0 Å². The van der Waals surface area contributed by atoms with Gasteiger partial charge in [-0.15, -0.1) is 0 Å². The van der Waals surface area contributed by atoms with Crippen LogP contribution in [0.25, 0.3) is 0 Å². The molecule has 0 saturated heterocycles. The number of rotatable bonds is 9. The molecule has 23 heavy (non-hydrogen) atoms. The van der Waals surface area contributed by atoms with Crippen molar-refractivity contribution in [3.8, 4) is 17.2 Å². The summed E-state index contributed by atoms with van der Waals surface area (Å²) in [6, 6.07) is 5.56. The highest BCUT2D eigenvalue weighted by Crippen LogP contribution is 2.34. The average molecular weight is 323 g/mol. The number of benzene rings is 1. The van der Waals surface area contributed by atoms with Crippen LogP contribution in [0.2, 0.25) is 0 Å². The van der Waals surface area contributed by atoms with Gasteiger partial charge >= 0.3 is 0 Å². The van der Waals surface area contributed by atoms with Crippen LogP contribution in [0, 0.1) is 0 Å². The Bertz CT molecular complexity index is 508. The smallest absolute Gasteiger partial charge is 0.231 e. The molecule has 2 rings (SSSR count). The minimum atomic E-state index is 0.268. The van der Waals surface area contributed by atoms with Crippen LogP contribution in [0.1, 0.15) is 13.8 Å². The molecule has 1 heterocycles. The van der Waals surface area contributed by atoms with E-state index in [1.54, 1.807) is 0 Å². The zero-order valence-corrected chi connectivity index (χ0v) is 13.8. The normalized spacial score (nSPS) is 13.0. The molecule has 0 aliphatic carbocycles. The largest absolute Gasteiger partial charge is 0.492 e. The summed E-state index contributed by atoms with van der Waals surface area (Å²) in [5.41, 5.74) is 0. The fraction of sp³-hybridized carbons (Fsp3) is 0.562. The van der Waals surface area contributed by atoms with Crippen LogP contribution < -0.4 is 24.8 Å². The van der Waals surface area contributed by atoms with E-state index in [9.17, 15) is 0 Å². The lowest BCUT2D eigenvalue weighted by Gasteiger charge is -2.12. The van der Waals surface area contributed by atoms with Crippen molar-refractivity contribution in [2.75, 3.05) is 46.2 Å². The fourth-order valence-electron chi connectivity index (χ4n) is 2.01. The van der Waals surface area contributed by atoms with Crippen LogP contribution >= 0.6 is 0 Å². The number of ether oxygens (including phenoxy) is 4. The van der Waals surface area contributed by atoms with Gasteiger partial charge in [-0.1, -0.05) is 0 Å². The van der Waals surface area contributed by atoms with Crippen molar-refractivity contribution in [3.05, 3.63) is 18.2 Å². The molecule has 0 amide bonds. The maximum Gasteiger partial charge on any atom is 0.231 e. The Morgan fingerprint density at radius 3 is 2.87 bits per heavy atom. The molecule has 0 aromatic heterocycles. The molecule has 0 unspecified atom stereocenters. The Labute approximate surface area is 137 Å². The zero-order chi connectivity index (χ0) is 16.3. The van der Waals surface area contributed by atoms with Crippen LogP contribution in [0.4, 0.5) is 0 Å². The Morgan fingerprint density at radius 1 is 1.17 bits per heavy atom. The van der Waals surface area contributed by atoms with E-state index in [0.717, 1.165) is 29.8 Å². The number of hydrogen-bond donors (Lipinski definition) is 2. The number of nitrogens with one attached hydrogen (secondary N) is 2. The lowest BCUT2D eigenvalue weighted by atomic mass is 10.3. The van der Waals surface area contributed by atoms with Gasteiger partial charge in [0, 0.05) is 19.2 Å². The average Bonchev–Trinajstić information content (AvgIpc) is 3.03. The van der Waals surface area contributed by atoms with E-state index in [-0.39, 0.29) is 6.79 Å². The number of fused-ring (bicyclic) bond motifs is 1. The van der Waals surface area contributed by atoms with Crippen molar-refractivity contribution in [3.63, 3.8) is 0 Å². The summed E-state index contributed by atoms with van der Waals surface area (Å²) in [6.45, 7) is 8.22. The predicted octanol–water partition coefficient (Wildman–Crippen LogP) is 1.39. The highest BCUT2D eigenvalue weighted by atomic mass is 16.7. The Hall–Kier alpha value is -2.15. The molecule has 1 aliphatic rings. The molecular weight excluding hydrogens is 298 g/mol. The maximum absolute atomic E-state index is 5.70. The van der Waals surface area contributed by atoms with Crippen LogP contribution in [-0.4, -0.2) is 52.2 Å². The van der Waals surface area contributed by atoms with Crippen LogP contribution in [0.5, 0.6) is 17.2 Å². The molecule has 1 aromatic rings. The van der Waals surface area contributed by atoms with Gasteiger partial charge in [0.05, 0.1) is 19.7 Å². The number of aliphatic imine (C=N–C) groups is 1. The number of guanidine groups is 1. The summed E-state index contributed by atoms with van der Waals surface area (Å²) in [6.07, 6.45) is 0. The summed E-state index contributed by atoms with van der Waals surface area (Å²) in [7, 11) is 0. The molecule has 7 heteroatoms. The molecular formula is C16H25N3O4. The first-order valence-corrected chi connectivity index (χ1v) is 7.95. The molecule has 7 nitrogen and oxygen atoms in total. The highest BCUT2D eigenvalue weighted by molar-refractivity contribution is 5.79. The molecule has 128 valence electrons. The van der Waals surface area contributed by atoms with E-state index in [1.807, 2.05) is 32.0 Å². The third-order valence-electron chi connectivity index (χ3n) is 3.06. The molecule has 0 spiro atoms. The summed E-state index contributed by atoms with van der Waals surface area (Å²) in [5.74, 6) is 3.00. The lowest BCUT2D eigenvalue weighted by molar-refractivity contribution is 0.155. The zero-order valence-electron chi connectivity index (χ0n) is 13.8. The van der Waals surface area contributed by atoms with E-state index < -0.39 is 0 Å². The van der Waals surface area contributed by atoms with Gasteiger partial charge in [0.1, 0.15) is 12.4 Å². The topological polar surface area (TPSA) is 73.3 Å². The third kappa shape index (κ3) is 5.86. The van der Waals surface area contributed by atoms with Crippen LogP contribution in [0.15, 0.2) is 23.2 Å². The molecule has 0 fully saturated rings. The highest BCUT2D eigenvalue weighted by Gasteiger charge is 2.13. The molecule has 0 bridgehead atoms. The van der Waals surface area contributed by atoms with Gasteiger partial charge in [0.2, 0.25) is 6.79 Å². The first-order valence-electron chi connectivity index (χ1n) is 7.95. The van der Waals surface area contributed by atoms with Gasteiger partial charge in [-0.2, -0.15) is 0 Å². The summed E-state index contributed by atoms with van der Waals surface area (Å²) in [4.78, 5) is 4.42.